The van der Waals surface area contributed by atoms with E-state index < -0.39 is 23.4 Å². The Morgan fingerprint density at radius 1 is 1.14 bits per heavy atom. The van der Waals surface area contributed by atoms with E-state index in [1.807, 2.05) is 6.92 Å². The van der Waals surface area contributed by atoms with Crippen molar-refractivity contribution in [1.82, 2.24) is 0 Å². The van der Waals surface area contributed by atoms with Crippen LogP contribution in [0.4, 0.5) is 11.4 Å². The molecular formula is C20H22N2O7. The first-order valence-electron chi connectivity index (χ1n) is 8.97. The van der Waals surface area contributed by atoms with Gasteiger partial charge in [-0.15, -0.1) is 0 Å². The number of rotatable bonds is 10. The second-order valence-corrected chi connectivity index (χ2v) is 5.99. The molecule has 1 N–H and O–H groups in total. The lowest BCUT2D eigenvalue weighted by molar-refractivity contribution is -0.385. The third-order valence-electron chi connectivity index (χ3n) is 3.86. The summed E-state index contributed by atoms with van der Waals surface area (Å²) in [7, 11) is 1.39. The Hall–Kier alpha value is -3.62. The zero-order valence-electron chi connectivity index (χ0n) is 16.2. The number of nitro benzene ring substituents is 1. The summed E-state index contributed by atoms with van der Waals surface area (Å²) in [4.78, 5) is 34.4. The maximum Gasteiger partial charge on any atom is 0.338 e. The van der Waals surface area contributed by atoms with Crippen LogP contribution >= 0.6 is 0 Å². The fourth-order valence-corrected chi connectivity index (χ4v) is 2.31. The molecule has 154 valence electrons. The van der Waals surface area contributed by atoms with Gasteiger partial charge in [-0.3, -0.25) is 14.9 Å². The molecule has 0 saturated carbocycles. The van der Waals surface area contributed by atoms with Crippen LogP contribution in [0.1, 0.15) is 30.1 Å². The van der Waals surface area contributed by atoms with Crippen LogP contribution in [-0.4, -0.2) is 37.1 Å². The van der Waals surface area contributed by atoms with Crippen molar-refractivity contribution in [1.29, 1.82) is 0 Å². The molecule has 0 aliphatic carbocycles. The lowest BCUT2D eigenvalue weighted by atomic mass is 10.2. The van der Waals surface area contributed by atoms with Crippen molar-refractivity contribution >= 4 is 23.3 Å². The Bertz CT molecular complexity index is 866. The summed E-state index contributed by atoms with van der Waals surface area (Å²) in [5.41, 5.74) is 0.528. The minimum Gasteiger partial charge on any atom is -0.496 e. The summed E-state index contributed by atoms with van der Waals surface area (Å²) < 4.78 is 15.3. The zero-order chi connectivity index (χ0) is 21.2. The van der Waals surface area contributed by atoms with Crippen LogP contribution in [0.25, 0.3) is 0 Å². The molecular weight excluding hydrogens is 380 g/mol. The van der Waals surface area contributed by atoms with Crippen molar-refractivity contribution in [2.45, 2.75) is 19.8 Å². The number of ether oxygens (including phenoxy) is 3. The van der Waals surface area contributed by atoms with E-state index in [2.05, 4.69) is 5.32 Å². The van der Waals surface area contributed by atoms with Gasteiger partial charge >= 0.3 is 11.7 Å². The maximum absolute atomic E-state index is 12.1. The Kier molecular flexibility index (Phi) is 7.96. The maximum atomic E-state index is 12.1. The minimum atomic E-state index is -0.617. The Labute approximate surface area is 167 Å². The fourth-order valence-electron chi connectivity index (χ4n) is 2.31. The molecule has 29 heavy (non-hydrogen) atoms. The highest BCUT2D eigenvalue weighted by atomic mass is 16.6. The van der Waals surface area contributed by atoms with Crippen LogP contribution in [0.2, 0.25) is 0 Å². The number of unbranched alkanes of at least 4 members (excludes halogenated alkanes) is 1. The highest BCUT2D eigenvalue weighted by Gasteiger charge is 2.17. The highest BCUT2D eigenvalue weighted by Crippen LogP contribution is 2.30. The summed E-state index contributed by atoms with van der Waals surface area (Å²) in [6.07, 6.45) is 1.73. The molecule has 0 spiro atoms. The molecule has 2 rings (SSSR count). The van der Waals surface area contributed by atoms with Crippen molar-refractivity contribution in [3.63, 3.8) is 0 Å². The lowest BCUT2D eigenvalue weighted by Gasteiger charge is -2.09. The van der Waals surface area contributed by atoms with Crippen molar-refractivity contribution in [2.24, 2.45) is 0 Å². The predicted molar refractivity (Wildman–Crippen MR) is 105 cm³/mol. The number of amides is 1. The summed E-state index contributed by atoms with van der Waals surface area (Å²) >= 11 is 0. The largest absolute Gasteiger partial charge is 0.496 e. The van der Waals surface area contributed by atoms with Crippen molar-refractivity contribution < 1.29 is 28.7 Å². The smallest absolute Gasteiger partial charge is 0.338 e. The molecule has 0 aromatic heterocycles. The number of esters is 1. The molecule has 9 nitrogen and oxygen atoms in total. The van der Waals surface area contributed by atoms with E-state index in [-0.39, 0.29) is 11.4 Å². The molecule has 0 radical (unpaired) electrons. The van der Waals surface area contributed by atoms with Gasteiger partial charge in [-0.2, -0.15) is 0 Å². The van der Waals surface area contributed by atoms with Crippen LogP contribution in [0.5, 0.6) is 11.5 Å². The van der Waals surface area contributed by atoms with E-state index in [9.17, 15) is 19.7 Å². The third kappa shape index (κ3) is 6.49. The summed E-state index contributed by atoms with van der Waals surface area (Å²) in [6.45, 7) is 1.94. The second kappa shape index (κ2) is 10.6. The van der Waals surface area contributed by atoms with Gasteiger partial charge in [0.1, 0.15) is 5.75 Å². The van der Waals surface area contributed by atoms with E-state index in [1.54, 1.807) is 24.3 Å². The van der Waals surface area contributed by atoms with E-state index in [0.29, 0.717) is 23.6 Å². The quantitative estimate of drug-likeness (QED) is 0.279. The van der Waals surface area contributed by atoms with Gasteiger partial charge in [-0.1, -0.05) is 13.3 Å². The topological polar surface area (TPSA) is 117 Å². The SMILES string of the molecule is CCCCOC(=O)c1ccc(NC(=O)COc2ccc(OC)cc2[N+](=O)[O-])cc1. The van der Waals surface area contributed by atoms with Gasteiger partial charge in [0.25, 0.3) is 5.91 Å². The van der Waals surface area contributed by atoms with Crippen LogP contribution in [0.3, 0.4) is 0 Å². The number of anilines is 1. The summed E-state index contributed by atoms with van der Waals surface area (Å²) in [5.74, 6) is -0.669. The fraction of sp³-hybridized carbons (Fsp3) is 0.300. The number of methoxy groups -OCH3 is 1. The van der Waals surface area contributed by atoms with Crippen LogP contribution in [0.15, 0.2) is 42.5 Å². The van der Waals surface area contributed by atoms with E-state index in [4.69, 9.17) is 14.2 Å². The Morgan fingerprint density at radius 3 is 2.48 bits per heavy atom. The van der Waals surface area contributed by atoms with Gasteiger partial charge in [0, 0.05) is 5.69 Å². The molecule has 9 heteroatoms. The van der Waals surface area contributed by atoms with Gasteiger partial charge in [0.15, 0.2) is 12.4 Å². The van der Waals surface area contributed by atoms with Crippen LogP contribution < -0.4 is 14.8 Å². The number of nitro groups is 1. The monoisotopic (exact) mass is 402 g/mol. The number of carbonyl (C=O) groups excluding carboxylic acids is 2. The first-order chi connectivity index (χ1) is 13.9. The molecule has 2 aromatic rings. The number of nitrogens with one attached hydrogen (secondary N) is 1. The standard InChI is InChI=1S/C20H22N2O7/c1-3-4-11-28-20(24)14-5-7-15(8-6-14)21-19(23)13-29-18-10-9-16(27-2)12-17(18)22(25)26/h5-10,12H,3-4,11,13H2,1-2H3,(H,21,23). The molecule has 0 bridgehead atoms. The Balaban J connectivity index is 1.91. The first-order valence-corrected chi connectivity index (χ1v) is 8.97. The number of nitrogens with zero attached hydrogens (tertiary/aromatic N) is 1. The molecule has 1 amide bonds. The third-order valence-corrected chi connectivity index (χ3v) is 3.86. The van der Waals surface area contributed by atoms with Gasteiger partial charge in [-0.05, 0) is 42.8 Å². The number of carbonyl (C=O) groups is 2. The lowest BCUT2D eigenvalue weighted by Crippen LogP contribution is -2.20. The molecule has 0 aliphatic heterocycles. The molecule has 0 fully saturated rings. The van der Waals surface area contributed by atoms with Crippen LogP contribution in [0, 0.1) is 10.1 Å². The number of hydrogen-bond acceptors (Lipinski definition) is 7. The molecule has 0 saturated heterocycles. The minimum absolute atomic E-state index is 0.0453. The van der Waals surface area contributed by atoms with Gasteiger partial charge in [0.05, 0.1) is 30.3 Å². The van der Waals surface area contributed by atoms with E-state index in [0.717, 1.165) is 12.8 Å². The predicted octanol–water partition coefficient (Wildman–Crippen LogP) is 3.58. The normalized spacial score (nSPS) is 10.1. The molecule has 0 aliphatic rings. The zero-order valence-corrected chi connectivity index (χ0v) is 16.2. The number of hydrogen-bond donors (Lipinski definition) is 1. The van der Waals surface area contributed by atoms with Crippen molar-refractivity contribution in [3.8, 4) is 11.5 Å². The van der Waals surface area contributed by atoms with Crippen molar-refractivity contribution in [3.05, 3.63) is 58.1 Å². The van der Waals surface area contributed by atoms with Gasteiger partial charge in [0.2, 0.25) is 0 Å². The molecule has 0 atom stereocenters. The highest BCUT2D eigenvalue weighted by molar-refractivity contribution is 5.93. The first kappa shape index (κ1) is 21.7. The summed E-state index contributed by atoms with van der Waals surface area (Å²) in [6, 6.07) is 10.3. The van der Waals surface area contributed by atoms with E-state index in [1.165, 1.54) is 25.3 Å². The average Bonchev–Trinajstić information content (AvgIpc) is 2.72. The summed E-state index contributed by atoms with van der Waals surface area (Å²) in [5, 5.41) is 13.7. The Morgan fingerprint density at radius 2 is 1.86 bits per heavy atom. The molecule has 2 aromatic carbocycles. The van der Waals surface area contributed by atoms with Crippen LogP contribution in [-0.2, 0) is 9.53 Å². The number of benzene rings is 2. The second-order valence-electron chi connectivity index (χ2n) is 5.99. The molecule has 0 heterocycles. The average molecular weight is 402 g/mol. The van der Waals surface area contributed by atoms with Crippen molar-refractivity contribution in [2.75, 3.05) is 25.6 Å². The van der Waals surface area contributed by atoms with Gasteiger partial charge in [-0.25, -0.2) is 4.79 Å². The van der Waals surface area contributed by atoms with Gasteiger partial charge < -0.3 is 19.5 Å². The molecule has 0 unspecified atom stereocenters. The van der Waals surface area contributed by atoms with E-state index >= 15 is 0 Å².